The van der Waals surface area contributed by atoms with E-state index in [9.17, 15) is 0 Å². The first-order valence-corrected chi connectivity index (χ1v) is 24.7. The number of nitrogens with zero attached hydrogens (tertiary/aromatic N) is 2. The van der Waals surface area contributed by atoms with E-state index in [0.29, 0.717) is 0 Å². The Bertz CT molecular complexity index is 1910. The van der Waals surface area contributed by atoms with Crippen LogP contribution in [0, 0.1) is 41.4 Å². The number of hydrogen-bond donors (Lipinski definition) is 2. The second kappa shape index (κ2) is 15.8. The maximum Gasteiger partial charge on any atom is 0.129 e. The van der Waals surface area contributed by atoms with E-state index in [4.69, 9.17) is 9.98 Å². The Kier molecular flexibility index (Phi) is 10.4. The second-order valence-corrected chi connectivity index (χ2v) is 22.9. The van der Waals surface area contributed by atoms with Crippen molar-refractivity contribution >= 4 is 48.2 Å². The van der Waals surface area contributed by atoms with Crippen molar-refractivity contribution in [1.29, 1.82) is 0 Å². The van der Waals surface area contributed by atoms with E-state index >= 15 is 0 Å². The summed E-state index contributed by atoms with van der Waals surface area (Å²) in [5, 5.41) is 14.2. The molecule has 7 atom stereocenters. The quantitative estimate of drug-likeness (QED) is 0.0580. The molecule has 7 aliphatic rings. The van der Waals surface area contributed by atoms with E-state index in [-0.39, 0.29) is 11.1 Å². The standard InChI is InChI=1S/C50H60N4P2/c1-36-27-38-30-41-35-50(31-36,46(38)41)54-48(56(44-21-11-4-12-22-44)45-23-13-5-14-24-45)52-26-16-6-15-25-51-47(53-49-32-37-28-39(33-49)40(29-37)34-49)55(42-17-7-2-8-18-42)43-19-9-3-10-20-43/h2-5,7-14,17-24,36-41,46H,6,15-16,25-35H2,1H3,(H,51,53)(H,52,54). The van der Waals surface area contributed by atoms with Crippen LogP contribution in [0.3, 0.4) is 0 Å². The summed E-state index contributed by atoms with van der Waals surface area (Å²) < 4.78 is 0. The molecule has 0 saturated heterocycles. The lowest BCUT2D eigenvalue weighted by Gasteiger charge is -2.70. The molecule has 4 aromatic rings. The predicted octanol–water partition coefficient (Wildman–Crippen LogP) is 9.72. The molecule has 2 N–H and O–H groups in total. The number of aliphatic imine (C=N–C) groups is 2. The van der Waals surface area contributed by atoms with Crippen LogP contribution in [0.1, 0.15) is 84.0 Å². The summed E-state index contributed by atoms with van der Waals surface area (Å²) in [6.07, 6.45) is 15.8. The van der Waals surface area contributed by atoms with Crippen LogP contribution in [0.2, 0.25) is 0 Å². The van der Waals surface area contributed by atoms with E-state index in [1.165, 1.54) is 90.2 Å². The monoisotopic (exact) mass is 778 g/mol. The van der Waals surface area contributed by atoms with Crippen LogP contribution in [0.4, 0.5) is 0 Å². The number of amidine groups is 2. The number of nitrogens with one attached hydrogen (secondary N) is 2. The summed E-state index contributed by atoms with van der Waals surface area (Å²) in [5.41, 5.74) is 2.99. The van der Waals surface area contributed by atoms with Gasteiger partial charge in [-0.15, -0.1) is 0 Å². The van der Waals surface area contributed by atoms with Crippen molar-refractivity contribution < 1.29 is 0 Å². The maximum atomic E-state index is 5.59. The first-order valence-electron chi connectivity index (χ1n) is 22.0. The lowest BCUT2D eigenvalue weighted by Crippen LogP contribution is -2.73. The van der Waals surface area contributed by atoms with Crippen molar-refractivity contribution in [3.05, 3.63) is 121 Å². The summed E-state index contributed by atoms with van der Waals surface area (Å²) >= 11 is 0. The molecule has 0 spiro atoms. The zero-order valence-electron chi connectivity index (χ0n) is 33.3. The highest BCUT2D eigenvalue weighted by Crippen LogP contribution is 2.67. The van der Waals surface area contributed by atoms with E-state index in [2.05, 4.69) is 139 Å². The largest absolute Gasteiger partial charge is 0.364 e. The van der Waals surface area contributed by atoms with Gasteiger partial charge < -0.3 is 10.6 Å². The minimum Gasteiger partial charge on any atom is -0.364 e. The summed E-state index contributed by atoms with van der Waals surface area (Å²) in [6, 6.07) is 44.9. The Balaban J connectivity index is 0.879. The van der Waals surface area contributed by atoms with Gasteiger partial charge in [-0.1, -0.05) is 128 Å². The van der Waals surface area contributed by atoms with Gasteiger partial charge in [0.05, 0.1) is 0 Å². The van der Waals surface area contributed by atoms with Crippen molar-refractivity contribution in [3.8, 4) is 0 Å². The van der Waals surface area contributed by atoms with E-state index in [1.54, 1.807) is 0 Å². The average Bonchev–Trinajstić information content (AvgIpc) is 3.62. The minimum atomic E-state index is -0.759. The molecule has 4 bridgehead atoms. The smallest absolute Gasteiger partial charge is 0.129 e. The Labute approximate surface area is 338 Å². The van der Waals surface area contributed by atoms with Crippen molar-refractivity contribution in [2.75, 3.05) is 13.1 Å². The van der Waals surface area contributed by atoms with Gasteiger partial charge >= 0.3 is 0 Å². The highest BCUT2D eigenvalue weighted by atomic mass is 31.1. The molecular formula is C50H60N4P2. The molecule has 0 aromatic heterocycles. The Hall–Kier alpha value is -3.32. The molecule has 4 nitrogen and oxygen atoms in total. The van der Waals surface area contributed by atoms with Gasteiger partial charge in [-0.05, 0) is 140 Å². The highest BCUT2D eigenvalue weighted by Gasteiger charge is 2.65. The summed E-state index contributed by atoms with van der Waals surface area (Å²) in [7, 11) is -1.51. The second-order valence-electron chi connectivity index (χ2n) is 18.7. The molecule has 7 aliphatic carbocycles. The predicted molar refractivity (Wildman–Crippen MR) is 240 cm³/mol. The number of rotatable bonds is 14. The van der Waals surface area contributed by atoms with Crippen molar-refractivity contribution in [1.82, 2.24) is 10.6 Å². The topological polar surface area (TPSA) is 48.8 Å². The lowest BCUT2D eigenvalue weighted by molar-refractivity contribution is -0.161. The third-order valence-electron chi connectivity index (χ3n) is 14.8. The van der Waals surface area contributed by atoms with E-state index < -0.39 is 15.8 Å². The summed E-state index contributed by atoms with van der Waals surface area (Å²) in [5.74, 6) is 6.24. The van der Waals surface area contributed by atoms with Gasteiger partial charge in [-0.25, -0.2) is 0 Å². The Morgan fingerprint density at radius 3 is 1.46 bits per heavy atom. The van der Waals surface area contributed by atoms with Crippen molar-refractivity contribution in [2.45, 2.75) is 95.1 Å². The molecule has 0 heterocycles. The van der Waals surface area contributed by atoms with Crippen LogP contribution < -0.4 is 31.9 Å². The molecule has 0 radical (unpaired) electrons. The first kappa shape index (κ1) is 37.0. The molecule has 11 rings (SSSR count). The Morgan fingerprint density at radius 2 is 1.00 bits per heavy atom. The number of unbranched alkanes of at least 4 members (excludes halogenated alkanes) is 2. The van der Waals surface area contributed by atoms with Gasteiger partial charge in [-0.3, -0.25) is 9.98 Å². The van der Waals surface area contributed by atoms with Crippen molar-refractivity contribution in [3.63, 3.8) is 0 Å². The molecule has 7 saturated carbocycles. The van der Waals surface area contributed by atoms with E-state index in [0.717, 1.165) is 73.8 Å². The fraction of sp³-hybridized carbons (Fsp3) is 0.480. The van der Waals surface area contributed by atoms with Crippen LogP contribution in [0.25, 0.3) is 0 Å². The molecule has 56 heavy (non-hydrogen) atoms. The SMILES string of the molecule is CC1CC2CC3CC(NC(=NCCCCCN=C(NC45CC6CC(C4)C(C6)C5)P(c4ccccc4)c4ccccc4)P(c4ccccc4)c4ccccc4)(C1)C23. The van der Waals surface area contributed by atoms with Gasteiger partial charge in [0.2, 0.25) is 0 Å². The van der Waals surface area contributed by atoms with Crippen LogP contribution in [0.5, 0.6) is 0 Å². The minimum absolute atomic E-state index is 0.236. The van der Waals surface area contributed by atoms with Gasteiger partial charge in [0.25, 0.3) is 0 Å². The van der Waals surface area contributed by atoms with Crippen molar-refractivity contribution in [2.24, 2.45) is 51.4 Å². The first-order chi connectivity index (χ1) is 27.5. The third-order valence-corrected chi connectivity index (χ3v) is 19.4. The van der Waals surface area contributed by atoms with Gasteiger partial charge in [0.15, 0.2) is 0 Å². The van der Waals surface area contributed by atoms with Crippen LogP contribution in [-0.4, -0.2) is 35.3 Å². The highest BCUT2D eigenvalue weighted by molar-refractivity contribution is 7.88. The molecule has 7 unspecified atom stereocenters. The maximum absolute atomic E-state index is 5.59. The van der Waals surface area contributed by atoms with Crippen LogP contribution in [-0.2, 0) is 0 Å². The molecule has 0 aliphatic heterocycles. The molecule has 0 amide bonds. The zero-order chi connectivity index (χ0) is 37.5. The average molecular weight is 779 g/mol. The van der Waals surface area contributed by atoms with E-state index in [1.807, 2.05) is 0 Å². The fourth-order valence-electron chi connectivity index (χ4n) is 12.9. The van der Waals surface area contributed by atoms with Gasteiger partial charge in [0, 0.05) is 40.0 Å². The fourth-order valence-corrected chi connectivity index (χ4v) is 17.5. The third kappa shape index (κ3) is 7.21. The van der Waals surface area contributed by atoms with Crippen LogP contribution in [0.15, 0.2) is 131 Å². The lowest BCUT2D eigenvalue weighted by atomic mass is 9.39. The molecule has 4 aromatic carbocycles. The molecule has 7 fully saturated rings. The molecule has 6 heteroatoms. The molecule has 290 valence electrons. The molecular weight excluding hydrogens is 719 g/mol. The summed E-state index contributed by atoms with van der Waals surface area (Å²) in [6.45, 7) is 4.23. The van der Waals surface area contributed by atoms with Crippen LogP contribution >= 0.6 is 15.8 Å². The van der Waals surface area contributed by atoms with Gasteiger partial charge in [0.1, 0.15) is 11.2 Å². The zero-order valence-corrected chi connectivity index (χ0v) is 35.1. The van der Waals surface area contributed by atoms with Gasteiger partial charge in [-0.2, -0.15) is 0 Å². The Morgan fingerprint density at radius 1 is 0.518 bits per heavy atom. The normalized spacial score (nSPS) is 32.6. The summed E-state index contributed by atoms with van der Waals surface area (Å²) in [4.78, 5) is 11.2. The number of benzene rings is 4. The number of hydrogen-bond acceptors (Lipinski definition) is 2.